The summed E-state index contributed by atoms with van der Waals surface area (Å²) in [6.07, 6.45) is 0.859. The van der Waals surface area contributed by atoms with Crippen molar-refractivity contribution in [2.24, 2.45) is 5.41 Å². The van der Waals surface area contributed by atoms with Gasteiger partial charge in [0.2, 0.25) is 0 Å². The number of carbonyl (C=O) groups excluding carboxylic acids is 1. The van der Waals surface area contributed by atoms with Gasteiger partial charge in [-0.1, -0.05) is 6.07 Å². The molecule has 1 aromatic rings. The fourth-order valence-corrected chi connectivity index (χ4v) is 2.58. The molecule has 1 aliphatic rings. The lowest BCUT2D eigenvalue weighted by Gasteiger charge is -2.37. The van der Waals surface area contributed by atoms with Gasteiger partial charge < -0.3 is 15.2 Å². The van der Waals surface area contributed by atoms with E-state index in [0.29, 0.717) is 0 Å². The van der Waals surface area contributed by atoms with Crippen molar-refractivity contribution in [1.29, 1.82) is 0 Å². The molecule has 4 nitrogen and oxygen atoms in total. The minimum Gasteiger partial charge on any atom is -0.508 e. The number of aromatic hydroxyl groups is 1. The van der Waals surface area contributed by atoms with E-state index < -0.39 is 5.41 Å². The summed E-state index contributed by atoms with van der Waals surface area (Å²) in [6, 6.07) is 5.23. The second-order valence-corrected chi connectivity index (χ2v) is 5.23. The number of benzene rings is 1. The number of carbonyl (C=O) groups is 1. The first-order valence-electron chi connectivity index (χ1n) is 6.10. The first kappa shape index (κ1) is 12.9. The predicted octanol–water partition coefficient (Wildman–Crippen LogP) is 1.78. The van der Waals surface area contributed by atoms with Crippen molar-refractivity contribution in [3.63, 3.8) is 0 Å². The fraction of sp³-hybridized carbons (Fsp3) is 0.500. The Hall–Kier alpha value is -1.55. The molecule has 0 saturated heterocycles. The molecule has 0 bridgehead atoms. The SMILES string of the molecule is COC(=O)C(C)(C)C1NCCc2cc(O)ccc21. The number of hydrogen-bond donors (Lipinski definition) is 2. The summed E-state index contributed by atoms with van der Waals surface area (Å²) in [6.45, 7) is 4.54. The molecular weight excluding hydrogens is 230 g/mol. The highest BCUT2D eigenvalue weighted by Crippen LogP contribution is 2.38. The summed E-state index contributed by atoms with van der Waals surface area (Å²) in [4.78, 5) is 11.9. The van der Waals surface area contributed by atoms with Crippen molar-refractivity contribution in [3.8, 4) is 5.75 Å². The van der Waals surface area contributed by atoms with Gasteiger partial charge >= 0.3 is 5.97 Å². The van der Waals surface area contributed by atoms with E-state index in [1.165, 1.54) is 7.11 Å². The number of phenols is 1. The number of methoxy groups -OCH3 is 1. The molecule has 4 heteroatoms. The number of fused-ring (bicyclic) bond motifs is 1. The minimum atomic E-state index is -0.638. The Bertz CT molecular complexity index is 468. The number of phenolic OH excluding ortho intramolecular Hbond substituents is 1. The molecule has 1 unspecified atom stereocenters. The maximum Gasteiger partial charge on any atom is 0.313 e. The molecule has 98 valence electrons. The summed E-state index contributed by atoms with van der Waals surface area (Å²) in [5.41, 5.74) is 1.52. The maximum atomic E-state index is 11.9. The molecule has 2 rings (SSSR count). The Morgan fingerprint density at radius 1 is 1.50 bits per heavy atom. The molecule has 1 aliphatic heterocycles. The third kappa shape index (κ3) is 2.08. The van der Waals surface area contributed by atoms with Crippen LogP contribution in [0.2, 0.25) is 0 Å². The van der Waals surface area contributed by atoms with Crippen LogP contribution < -0.4 is 5.32 Å². The maximum absolute atomic E-state index is 11.9. The van der Waals surface area contributed by atoms with E-state index in [0.717, 1.165) is 24.1 Å². The number of esters is 1. The quantitative estimate of drug-likeness (QED) is 0.784. The van der Waals surface area contributed by atoms with Gasteiger partial charge in [0, 0.05) is 6.04 Å². The van der Waals surface area contributed by atoms with Crippen molar-refractivity contribution in [3.05, 3.63) is 29.3 Å². The van der Waals surface area contributed by atoms with Crippen molar-refractivity contribution >= 4 is 5.97 Å². The van der Waals surface area contributed by atoms with Crippen molar-refractivity contribution in [2.45, 2.75) is 26.3 Å². The highest BCUT2D eigenvalue weighted by atomic mass is 16.5. The van der Waals surface area contributed by atoms with Crippen LogP contribution in [-0.4, -0.2) is 24.7 Å². The topological polar surface area (TPSA) is 58.6 Å². The molecule has 0 amide bonds. The van der Waals surface area contributed by atoms with Crippen LogP contribution in [0.1, 0.15) is 31.0 Å². The fourth-order valence-electron chi connectivity index (χ4n) is 2.58. The third-order valence-corrected chi connectivity index (χ3v) is 3.61. The zero-order valence-corrected chi connectivity index (χ0v) is 11.0. The number of hydrogen-bond acceptors (Lipinski definition) is 4. The Kier molecular flexibility index (Phi) is 3.30. The molecule has 0 fully saturated rings. The Balaban J connectivity index is 2.41. The van der Waals surface area contributed by atoms with Gasteiger partial charge in [0.1, 0.15) is 5.75 Å². The molecule has 0 spiro atoms. The Morgan fingerprint density at radius 2 is 2.22 bits per heavy atom. The summed E-state index contributed by atoms with van der Waals surface area (Å²) in [7, 11) is 1.41. The second kappa shape index (κ2) is 4.61. The summed E-state index contributed by atoms with van der Waals surface area (Å²) < 4.78 is 4.88. The zero-order chi connectivity index (χ0) is 13.3. The van der Waals surface area contributed by atoms with Crippen molar-refractivity contribution in [2.75, 3.05) is 13.7 Å². The second-order valence-electron chi connectivity index (χ2n) is 5.23. The third-order valence-electron chi connectivity index (χ3n) is 3.61. The van der Waals surface area contributed by atoms with E-state index in [1.54, 1.807) is 12.1 Å². The molecule has 0 aromatic heterocycles. The van der Waals surface area contributed by atoms with Crippen LogP contribution in [0.4, 0.5) is 0 Å². The van der Waals surface area contributed by atoms with Gasteiger partial charge in [0.25, 0.3) is 0 Å². The van der Waals surface area contributed by atoms with Gasteiger partial charge in [-0.3, -0.25) is 4.79 Å². The Labute approximate surface area is 107 Å². The molecule has 0 radical (unpaired) electrons. The van der Waals surface area contributed by atoms with Gasteiger partial charge in [-0.25, -0.2) is 0 Å². The lowest BCUT2D eigenvalue weighted by molar-refractivity contribution is -0.152. The van der Waals surface area contributed by atoms with E-state index in [2.05, 4.69) is 5.32 Å². The average molecular weight is 249 g/mol. The monoisotopic (exact) mass is 249 g/mol. The largest absolute Gasteiger partial charge is 0.508 e. The molecule has 1 aromatic carbocycles. The number of nitrogens with one attached hydrogen (secondary N) is 1. The molecule has 18 heavy (non-hydrogen) atoms. The summed E-state index contributed by atoms with van der Waals surface area (Å²) in [5.74, 6) is 0.0335. The van der Waals surface area contributed by atoms with Gasteiger partial charge in [0.15, 0.2) is 0 Å². The number of rotatable bonds is 2. The smallest absolute Gasteiger partial charge is 0.313 e. The first-order chi connectivity index (χ1) is 8.46. The van der Waals surface area contributed by atoms with Crippen LogP contribution in [0.25, 0.3) is 0 Å². The van der Waals surface area contributed by atoms with Crippen LogP contribution in [0.5, 0.6) is 5.75 Å². The van der Waals surface area contributed by atoms with Crippen LogP contribution in [0.15, 0.2) is 18.2 Å². The number of ether oxygens (including phenoxy) is 1. The standard InChI is InChI=1S/C14H19NO3/c1-14(2,13(17)18-3)12-11-5-4-10(16)8-9(11)6-7-15-12/h4-5,8,12,15-16H,6-7H2,1-3H3. The normalized spacial score (nSPS) is 19.2. The molecule has 0 aliphatic carbocycles. The molecule has 0 saturated carbocycles. The lowest BCUT2D eigenvalue weighted by atomic mass is 9.77. The summed E-state index contributed by atoms with van der Waals surface area (Å²) in [5, 5.41) is 12.9. The van der Waals surface area contributed by atoms with Crippen LogP contribution in [0.3, 0.4) is 0 Å². The molecular formula is C14H19NO3. The highest BCUT2D eigenvalue weighted by molar-refractivity contribution is 5.77. The zero-order valence-electron chi connectivity index (χ0n) is 11.0. The minimum absolute atomic E-state index is 0.0886. The average Bonchev–Trinajstić information content (AvgIpc) is 2.36. The van der Waals surface area contributed by atoms with E-state index in [1.807, 2.05) is 19.9 Å². The highest BCUT2D eigenvalue weighted by Gasteiger charge is 2.40. The van der Waals surface area contributed by atoms with E-state index in [9.17, 15) is 9.90 Å². The van der Waals surface area contributed by atoms with E-state index in [4.69, 9.17) is 4.74 Å². The van der Waals surface area contributed by atoms with Crippen LogP contribution in [-0.2, 0) is 16.0 Å². The van der Waals surface area contributed by atoms with E-state index >= 15 is 0 Å². The van der Waals surface area contributed by atoms with Gasteiger partial charge in [0.05, 0.1) is 12.5 Å². The first-order valence-corrected chi connectivity index (χ1v) is 6.10. The van der Waals surface area contributed by atoms with E-state index in [-0.39, 0.29) is 17.8 Å². The lowest BCUT2D eigenvalue weighted by Crippen LogP contribution is -2.43. The van der Waals surface area contributed by atoms with Crippen LogP contribution >= 0.6 is 0 Å². The molecule has 1 atom stereocenters. The Morgan fingerprint density at radius 3 is 2.89 bits per heavy atom. The van der Waals surface area contributed by atoms with Crippen molar-refractivity contribution in [1.82, 2.24) is 5.32 Å². The summed E-state index contributed by atoms with van der Waals surface area (Å²) >= 11 is 0. The molecule has 2 N–H and O–H groups in total. The van der Waals surface area contributed by atoms with Gasteiger partial charge in [-0.15, -0.1) is 0 Å². The van der Waals surface area contributed by atoms with Crippen LogP contribution in [0, 0.1) is 5.41 Å². The van der Waals surface area contributed by atoms with Gasteiger partial charge in [-0.05, 0) is 50.1 Å². The molecule has 1 heterocycles. The predicted molar refractivity (Wildman–Crippen MR) is 68.4 cm³/mol. The van der Waals surface area contributed by atoms with Gasteiger partial charge in [-0.2, -0.15) is 0 Å². The van der Waals surface area contributed by atoms with Crippen molar-refractivity contribution < 1.29 is 14.6 Å².